The molecule has 1 aliphatic rings. The van der Waals surface area contributed by atoms with Gasteiger partial charge in [0.1, 0.15) is 18.9 Å². The SMILES string of the molecule is O=C1c2cccc3cccc(c23)C(=O)N1CCCn1cc[n+](Cc2ccccc2)c1. The Bertz CT molecular complexity index is 1190. The van der Waals surface area contributed by atoms with Crippen LogP contribution in [0.25, 0.3) is 10.8 Å². The van der Waals surface area contributed by atoms with Crippen LogP contribution in [0.3, 0.4) is 0 Å². The van der Waals surface area contributed by atoms with Crippen molar-refractivity contribution < 1.29 is 14.2 Å². The van der Waals surface area contributed by atoms with E-state index in [0.717, 1.165) is 23.9 Å². The molecule has 0 radical (unpaired) electrons. The van der Waals surface area contributed by atoms with E-state index in [1.54, 1.807) is 0 Å². The highest BCUT2D eigenvalue weighted by atomic mass is 16.2. The van der Waals surface area contributed by atoms with Crippen molar-refractivity contribution in [1.82, 2.24) is 9.47 Å². The number of benzene rings is 3. The predicted molar refractivity (Wildman–Crippen MR) is 114 cm³/mol. The van der Waals surface area contributed by atoms with E-state index >= 15 is 0 Å². The van der Waals surface area contributed by atoms with Gasteiger partial charge >= 0.3 is 0 Å². The first kappa shape index (κ1) is 18.3. The standard InChI is InChI=1S/C25H22N3O2/c29-24-21-11-4-9-20-10-5-12-22(23(20)21)25(30)28(24)14-6-13-26-15-16-27(18-26)17-19-7-2-1-3-8-19/h1-5,7-12,15-16,18H,6,13-14,17H2/q+1. The van der Waals surface area contributed by atoms with Crippen molar-refractivity contribution in [2.24, 2.45) is 0 Å². The molecule has 0 aliphatic carbocycles. The van der Waals surface area contributed by atoms with Gasteiger partial charge in [-0.2, -0.15) is 0 Å². The van der Waals surface area contributed by atoms with Gasteiger partial charge in [-0.1, -0.05) is 54.6 Å². The molecule has 5 rings (SSSR count). The monoisotopic (exact) mass is 396 g/mol. The summed E-state index contributed by atoms with van der Waals surface area (Å²) in [5.74, 6) is -0.396. The smallest absolute Gasteiger partial charge is 0.261 e. The molecule has 4 aromatic rings. The maximum absolute atomic E-state index is 13.0. The van der Waals surface area contributed by atoms with Crippen LogP contribution in [0.1, 0.15) is 32.7 Å². The summed E-state index contributed by atoms with van der Waals surface area (Å²) in [5, 5.41) is 1.71. The number of imide groups is 1. The predicted octanol–water partition coefficient (Wildman–Crippen LogP) is 3.66. The van der Waals surface area contributed by atoms with E-state index < -0.39 is 0 Å². The highest BCUT2D eigenvalue weighted by molar-refractivity contribution is 6.25. The van der Waals surface area contributed by atoms with Crippen molar-refractivity contribution in [3.05, 3.63) is 102 Å². The van der Waals surface area contributed by atoms with Gasteiger partial charge in [-0.25, -0.2) is 9.13 Å². The Morgan fingerprint density at radius 1 is 0.767 bits per heavy atom. The second-order valence-electron chi connectivity index (χ2n) is 7.63. The van der Waals surface area contributed by atoms with Gasteiger partial charge in [-0.3, -0.25) is 14.5 Å². The lowest BCUT2D eigenvalue weighted by Crippen LogP contribution is -2.41. The van der Waals surface area contributed by atoms with Crippen LogP contribution in [0, 0.1) is 0 Å². The van der Waals surface area contributed by atoms with Crippen molar-refractivity contribution in [2.75, 3.05) is 6.54 Å². The van der Waals surface area contributed by atoms with E-state index in [1.165, 1.54) is 10.5 Å². The number of aryl methyl sites for hydroxylation is 1. The van der Waals surface area contributed by atoms with Gasteiger partial charge in [0.2, 0.25) is 6.33 Å². The molecule has 5 nitrogen and oxygen atoms in total. The van der Waals surface area contributed by atoms with Gasteiger partial charge < -0.3 is 0 Å². The minimum Gasteiger partial charge on any atom is -0.274 e. The zero-order valence-corrected chi connectivity index (χ0v) is 16.6. The number of imidazole rings is 1. The van der Waals surface area contributed by atoms with E-state index in [4.69, 9.17) is 0 Å². The first-order valence-electron chi connectivity index (χ1n) is 10.2. The number of carbonyl (C=O) groups excluding carboxylic acids is 2. The van der Waals surface area contributed by atoms with E-state index in [1.807, 2.05) is 67.0 Å². The number of rotatable bonds is 6. The first-order chi connectivity index (χ1) is 14.7. The summed E-state index contributed by atoms with van der Waals surface area (Å²) in [7, 11) is 0. The molecule has 0 fully saturated rings. The molecule has 0 N–H and O–H groups in total. The molecule has 0 saturated heterocycles. The molecule has 0 saturated carbocycles. The summed E-state index contributed by atoms with van der Waals surface area (Å²) in [5.41, 5.74) is 2.48. The Balaban J connectivity index is 1.26. The number of amides is 2. The van der Waals surface area contributed by atoms with Crippen molar-refractivity contribution in [3.63, 3.8) is 0 Å². The third kappa shape index (κ3) is 3.28. The van der Waals surface area contributed by atoms with Crippen molar-refractivity contribution in [3.8, 4) is 0 Å². The summed E-state index contributed by atoms with van der Waals surface area (Å²) in [4.78, 5) is 27.3. The molecule has 0 atom stereocenters. The van der Waals surface area contributed by atoms with Crippen molar-refractivity contribution >= 4 is 22.6 Å². The average molecular weight is 396 g/mol. The van der Waals surface area contributed by atoms with Crippen LogP contribution in [-0.4, -0.2) is 27.8 Å². The topological polar surface area (TPSA) is 46.2 Å². The first-order valence-corrected chi connectivity index (χ1v) is 10.2. The molecule has 30 heavy (non-hydrogen) atoms. The Labute approximate surface area is 174 Å². The van der Waals surface area contributed by atoms with Crippen LogP contribution in [0.5, 0.6) is 0 Å². The largest absolute Gasteiger partial charge is 0.274 e. The maximum atomic E-state index is 13.0. The summed E-state index contributed by atoms with van der Waals surface area (Å²) >= 11 is 0. The van der Waals surface area contributed by atoms with Gasteiger partial charge in [-0.05, 0) is 23.1 Å². The molecule has 1 aromatic heterocycles. The summed E-state index contributed by atoms with van der Waals surface area (Å²) < 4.78 is 4.22. The molecule has 0 unspecified atom stereocenters. The highest BCUT2D eigenvalue weighted by Crippen LogP contribution is 2.29. The summed E-state index contributed by atoms with van der Waals surface area (Å²) in [6, 6.07) is 21.6. The lowest BCUT2D eigenvalue weighted by molar-refractivity contribution is -0.687. The number of aromatic nitrogens is 2. The number of nitrogens with zero attached hydrogens (tertiary/aromatic N) is 3. The molecular formula is C25H22N3O2+. The van der Waals surface area contributed by atoms with Crippen LogP contribution < -0.4 is 4.57 Å². The number of hydrogen-bond acceptors (Lipinski definition) is 2. The van der Waals surface area contributed by atoms with Gasteiger partial charge in [0.15, 0.2) is 0 Å². The fourth-order valence-electron chi connectivity index (χ4n) is 4.15. The second-order valence-corrected chi connectivity index (χ2v) is 7.63. The molecule has 3 aromatic carbocycles. The normalized spacial score (nSPS) is 13.3. The Morgan fingerprint density at radius 2 is 1.47 bits per heavy atom. The zero-order valence-electron chi connectivity index (χ0n) is 16.6. The minimum atomic E-state index is -0.198. The van der Waals surface area contributed by atoms with Crippen LogP contribution in [-0.2, 0) is 13.1 Å². The van der Waals surface area contributed by atoms with Gasteiger partial charge in [0.25, 0.3) is 11.8 Å². The molecule has 0 spiro atoms. The molecule has 1 aliphatic heterocycles. The maximum Gasteiger partial charge on any atom is 0.261 e. The molecule has 2 heterocycles. The lowest BCUT2D eigenvalue weighted by atomic mass is 9.94. The van der Waals surface area contributed by atoms with Crippen LogP contribution in [0.4, 0.5) is 0 Å². The zero-order chi connectivity index (χ0) is 20.5. The summed E-state index contributed by atoms with van der Waals surface area (Å²) in [6.45, 7) is 1.96. The fraction of sp³-hybridized carbons (Fsp3) is 0.160. The van der Waals surface area contributed by atoms with Crippen LogP contribution in [0.2, 0.25) is 0 Å². The van der Waals surface area contributed by atoms with E-state index in [9.17, 15) is 9.59 Å². The Hall–Kier alpha value is -3.73. The number of carbonyl (C=O) groups is 2. The minimum absolute atomic E-state index is 0.198. The summed E-state index contributed by atoms with van der Waals surface area (Å²) in [6.07, 6.45) is 6.83. The van der Waals surface area contributed by atoms with Crippen molar-refractivity contribution in [1.29, 1.82) is 0 Å². The highest BCUT2D eigenvalue weighted by Gasteiger charge is 2.32. The molecule has 2 amide bonds. The average Bonchev–Trinajstić information content (AvgIpc) is 3.22. The van der Waals surface area contributed by atoms with Crippen molar-refractivity contribution in [2.45, 2.75) is 19.5 Å². The Kier molecular flexibility index (Phi) is 4.64. The van der Waals surface area contributed by atoms with Crippen LogP contribution in [0.15, 0.2) is 85.5 Å². The van der Waals surface area contributed by atoms with E-state index in [2.05, 4.69) is 27.6 Å². The molecule has 0 bridgehead atoms. The van der Waals surface area contributed by atoms with Gasteiger partial charge in [-0.15, -0.1) is 0 Å². The van der Waals surface area contributed by atoms with Crippen LogP contribution >= 0.6 is 0 Å². The van der Waals surface area contributed by atoms with Gasteiger partial charge in [0.05, 0.1) is 6.54 Å². The molecular weight excluding hydrogens is 374 g/mol. The third-order valence-corrected chi connectivity index (χ3v) is 5.61. The van der Waals surface area contributed by atoms with Gasteiger partial charge in [0, 0.05) is 29.5 Å². The molecule has 5 heteroatoms. The fourth-order valence-corrected chi connectivity index (χ4v) is 4.15. The van der Waals surface area contributed by atoms with E-state index in [0.29, 0.717) is 24.1 Å². The molecule has 148 valence electrons. The second kappa shape index (κ2) is 7.59. The quantitative estimate of drug-likeness (QED) is 0.369. The lowest BCUT2D eigenvalue weighted by Gasteiger charge is -2.26. The van der Waals surface area contributed by atoms with E-state index in [-0.39, 0.29) is 11.8 Å². The number of hydrogen-bond donors (Lipinski definition) is 0. The Morgan fingerprint density at radius 3 is 2.17 bits per heavy atom. The third-order valence-electron chi connectivity index (χ3n) is 5.61.